The number of alkyl halides is 1. The molecule has 0 radical (unpaired) electrons. The molecule has 4 rings (SSSR count). The SMILES string of the molecule is C[C@@H](Cl)C(=O)N(CC(=O)N1CCc2sccc2[C@H]1c1ccc(F)cc1)C1CC1. The third kappa shape index (κ3) is 3.80. The van der Waals surface area contributed by atoms with E-state index in [1.165, 1.54) is 17.0 Å². The van der Waals surface area contributed by atoms with Gasteiger partial charge in [0.2, 0.25) is 11.8 Å². The number of thiophene rings is 1. The van der Waals surface area contributed by atoms with Crippen LogP contribution >= 0.6 is 22.9 Å². The van der Waals surface area contributed by atoms with Gasteiger partial charge in [0.1, 0.15) is 17.7 Å². The van der Waals surface area contributed by atoms with Gasteiger partial charge in [0.25, 0.3) is 0 Å². The summed E-state index contributed by atoms with van der Waals surface area (Å²) in [5, 5.41) is 1.39. The Morgan fingerprint density at radius 2 is 2.00 bits per heavy atom. The fourth-order valence-electron chi connectivity index (χ4n) is 3.83. The fraction of sp³-hybridized carbons (Fsp3) is 0.429. The number of hydrogen-bond acceptors (Lipinski definition) is 3. The molecule has 2 atom stereocenters. The smallest absolute Gasteiger partial charge is 0.243 e. The van der Waals surface area contributed by atoms with Crippen LogP contribution in [-0.2, 0) is 16.0 Å². The Morgan fingerprint density at radius 3 is 2.64 bits per heavy atom. The lowest BCUT2D eigenvalue weighted by atomic mass is 9.93. The highest BCUT2D eigenvalue weighted by Crippen LogP contribution is 2.38. The summed E-state index contributed by atoms with van der Waals surface area (Å²) in [6.45, 7) is 2.26. The minimum Gasteiger partial charge on any atom is -0.330 e. The zero-order valence-electron chi connectivity index (χ0n) is 15.6. The second-order valence-electron chi connectivity index (χ2n) is 7.40. The number of carbonyl (C=O) groups excluding carboxylic acids is 2. The lowest BCUT2D eigenvalue weighted by Crippen LogP contribution is -2.48. The van der Waals surface area contributed by atoms with Crippen molar-refractivity contribution in [2.75, 3.05) is 13.1 Å². The van der Waals surface area contributed by atoms with Gasteiger partial charge in [-0.15, -0.1) is 22.9 Å². The summed E-state index contributed by atoms with van der Waals surface area (Å²) in [4.78, 5) is 30.4. The van der Waals surface area contributed by atoms with Crippen molar-refractivity contribution < 1.29 is 14.0 Å². The topological polar surface area (TPSA) is 40.6 Å². The molecule has 2 amide bonds. The van der Waals surface area contributed by atoms with Gasteiger partial charge in [0.05, 0.1) is 6.04 Å². The molecule has 2 heterocycles. The number of carbonyl (C=O) groups is 2. The van der Waals surface area contributed by atoms with Crippen LogP contribution in [0.5, 0.6) is 0 Å². The Morgan fingerprint density at radius 1 is 1.29 bits per heavy atom. The van der Waals surface area contributed by atoms with Crippen LogP contribution < -0.4 is 0 Å². The maximum absolute atomic E-state index is 13.4. The van der Waals surface area contributed by atoms with Crippen LogP contribution in [0.3, 0.4) is 0 Å². The molecule has 1 aromatic heterocycles. The van der Waals surface area contributed by atoms with E-state index in [1.54, 1.807) is 35.3 Å². The van der Waals surface area contributed by atoms with Crippen molar-refractivity contribution in [3.63, 3.8) is 0 Å². The Hall–Kier alpha value is -1.92. The molecule has 1 aliphatic heterocycles. The number of rotatable bonds is 5. The van der Waals surface area contributed by atoms with Gasteiger partial charge in [0, 0.05) is 17.5 Å². The molecule has 1 aliphatic carbocycles. The summed E-state index contributed by atoms with van der Waals surface area (Å²) in [6, 6.07) is 8.21. The van der Waals surface area contributed by atoms with E-state index in [-0.39, 0.29) is 36.3 Å². The lowest BCUT2D eigenvalue weighted by molar-refractivity contribution is -0.141. The van der Waals surface area contributed by atoms with Crippen LogP contribution in [0.15, 0.2) is 35.7 Å². The number of fused-ring (bicyclic) bond motifs is 1. The minimum atomic E-state index is -0.647. The first-order valence-electron chi connectivity index (χ1n) is 9.51. The molecule has 0 saturated heterocycles. The summed E-state index contributed by atoms with van der Waals surface area (Å²) in [6.07, 6.45) is 2.62. The summed E-state index contributed by atoms with van der Waals surface area (Å²) >= 11 is 7.69. The van der Waals surface area contributed by atoms with Crippen molar-refractivity contribution in [2.45, 2.75) is 43.6 Å². The predicted molar refractivity (Wildman–Crippen MR) is 108 cm³/mol. The first-order valence-corrected chi connectivity index (χ1v) is 10.8. The van der Waals surface area contributed by atoms with E-state index in [4.69, 9.17) is 11.6 Å². The van der Waals surface area contributed by atoms with Gasteiger partial charge in [-0.3, -0.25) is 9.59 Å². The van der Waals surface area contributed by atoms with Gasteiger partial charge in [-0.2, -0.15) is 0 Å². The molecule has 4 nitrogen and oxygen atoms in total. The van der Waals surface area contributed by atoms with Gasteiger partial charge in [-0.05, 0) is 60.9 Å². The monoisotopic (exact) mass is 420 g/mol. The van der Waals surface area contributed by atoms with E-state index in [2.05, 4.69) is 0 Å². The van der Waals surface area contributed by atoms with E-state index < -0.39 is 5.38 Å². The molecule has 2 aliphatic rings. The van der Waals surface area contributed by atoms with Gasteiger partial charge >= 0.3 is 0 Å². The molecule has 1 aromatic carbocycles. The van der Waals surface area contributed by atoms with Crippen LogP contribution in [0.4, 0.5) is 4.39 Å². The second-order valence-corrected chi connectivity index (χ2v) is 9.06. The van der Waals surface area contributed by atoms with Gasteiger partial charge in [-0.1, -0.05) is 12.1 Å². The molecule has 2 aromatic rings. The van der Waals surface area contributed by atoms with Crippen LogP contribution in [0.2, 0.25) is 0 Å². The molecule has 1 saturated carbocycles. The number of benzene rings is 1. The number of hydrogen-bond donors (Lipinski definition) is 0. The van der Waals surface area contributed by atoms with Crippen molar-refractivity contribution in [2.24, 2.45) is 0 Å². The lowest BCUT2D eigenvalue weighted by Gasteiger charge is -2.37. The van der Waals surface area contributed by atoms with E-state index in [0.717, 1.165) is 30.4 Å². The maximum Gasteiger partial charge on any atom is 0.243 e. The summed E-state index contributed by atoms with van der Waals surface area (Å²) in [5.41, 5.74) is 1.97. The molecule has 148 valence electrons. The summed E-state index contributed by atoms with van der Waals surface area (Å²) < 4.78 is 13.4. The first-order chi connectivity index (χ1) is 13.5. The zero-order valence-corrected chi connectivity index (χ0v) is 17.2. The summed E-state index contributed by atoms with van der Waals surface area (Å²) in [7, 11) is 0. The van der Waals surface area contributed by atoms with E-state index in [9.17, 15) is 14.0 Å². The Labute approximate surface area is 172 Å². The van der Waals surface area contributed by atoms with Crippen LogP contribution in [0, 0.1) is 5.82 Å². The predicted octanol–water partition coefficient (Wildman–Crippen LogP) is 3.98. The Kier molecular flexibility index (Phi) is 5.43. The fourth-order valence-corrected chi connectivity index (χ4v) is 4.86. The highest BCUT2D eigenvalue weighted by molar-refractivity contribution is 7.10. The molecular weight excluding hydrogens is 399 g/mol. The molecule has 0 N–H and O–H groups in total. The highest BCUT2D eigenvalue weighted by Gasteiger charge is 2.38. The molecule has 1 fully saturated rings. The van der Waals surface area contributed by atoms with Crippen molar-refractivity contribution in [1.82, 2.24) is 9.80 Å². The quantitative estimate of drug-likeness (QED) is 0.686. The normalized spacial score (nSPS) is 19.8. The van der Waals surface area contributed by atoms with Crippen molar-refractivity contribution in [1.29, 1.82) is 0 Å². The van der Waals surface area contributed by atoms with Gasteiger partial charge in [-0.25, -0.2) is 4.39 Å². The third-order valence-corrected chi connectivity index (χ3v) is 6.57. The molecule has 0 spiro atoms. The first kappa shape index (κ1) is 19.4. The molecule has 0 unspecified atom stereocenters. The largest absolute Gasteiger partial charge is 0.330 e. The minimum absolute atomic E-state index is 0.0394. The Balaban J connectivity index is 1.62. The standard InChI is InChI=1S/C21H22ClFN2O2S/c1-13(22)21(27)25(16-6-7-16)12-19(26)24-10-8-18-17(9-11-28-18)20(24)14-2-4-15(23)5-3-14/h2-5,9,11,13,16,20H,6-8,10,12H2,1H3/t13-,20-/m1/s1. The third-order valence-electron chi connectivity index (χ3n) is 5.39. The van der Waals surface area contributed by atoms with Crippen LogP contribution in [0.25, 0.3) is 0 Å². The molecule has 28 heavy (non-hydrogen) atoms. The van der Waals surface area contributed by atoms with E-state index in [0.29, 0.717) is 6.54 Å². The summed E-state index contributed by atoms with van der Waals surface area (Å²) in [5.74, 6) is -0.586. The van der Waals surface area contributed by atoms with Gasteiger partial charge in [0.15, 0.2) is 0 Å². The maximum atomic E-state index is 13.4. The molecular formula is C21H22ClFN2O2S. The van der Waals surface area contributed by atoms with Crippen LogP contribution in [-0.4, -0.2) is 46.1 Å². The molecule has 0 bridgehead atoms. The number of nitrogens with zero attached hydrogens (tertiary/aromatic N) is 2. The van der Waals surface area contributed by atoms with Crippen molar-refractivity contribution >= 4 is 34.8 Å². The number of amides is 2. The van der Waals surface area contributed by atoms with E-state index in [1.807, 2.05) is 16.3 Å². The van der Waals surface area contributed by atoms with Crippen molar-refractivity contribution in [3.05, 3.63) is 57.5 Å². The average Bonchev–Trinajstić information content (AvgIpc) is 3.41. The average molecular weight is 421 g/mol. The highest BCUT2D eigenvalue weighted by atomic mass is 35.5. The van der Waals surface area contributed by atoms with Crippen molar-refractivity contribution in [3.8, 4) is 0 Å². The van der Waals surface area contributed by atoms with Gasteiger partial charge < -0.3 is 9.80 Å². The van der Waals surface area contributed by atoms with Crippen LogP contribution in [0.1, 0.15) is 41.8 Å². The van der Waals surface area contributed by atoms with E-state index >= 15 is 0 Å². The zero-order chi connectivity index (χ0) is 19.8. The number of halogens is 2. The molecule has 7 heteroatoms. The Bertz CT molecular complexity index is 879. The second kappa shape index (κ2) is 7.84.